The number of H-pyrrole nitrogens is 1. The number of aromatic amines is 1. The van der Waals surface area contributed by atoms with Crippen LogP contribution in [0.1, 0.15) is 40.7 Å². The van der Waals surface area contributed by atoms with E-state index in [1.165, 1.54) is 43.1 Å². The van der Waals surface area contributed by atoms with Crippen molar-refractivity contribution in [1.82, 2.24) is 49.7 Å². The molecule has 46 heavy (non-hydrogen) atoms. The Balaban J connectivity index is 0.000000184. The summed E-state index contributed by atoms with van der Waals surface area (Å²) in [5, 5.41) is 20.2. The van der Waals surface area contributed by atoms with E-state index in [0.717, 1.165) is 80.5 Å². The quantitative estimate of drug-likeness (QED) is 0.257. The molecular formula is C28H40N12O4S2. The largest absolute Gasteiger partial charge is 0.464 e. The number of unbranched alkanes of at least 4 members (excludes halogenated alkanes) is 1. The van der Waals surface area contributed by atoms with Crippen LogP contribution in [-0.4, -0.2) is 142 Å². The summed E-state index contributed by atoms with van der Waals surface area (Å²) in [4.78, 5) is 43.9. The van der Waals surface area contributed by atoms with Crippen LogP contribution < -0.4 is 9.80 Å². The van der Waals surface area contributed by atoms with E-state index in [4.69, 9.17) is 4.74 Å². The van der Waals surface area contributed by atoms with Crippen LogP contribution in [0.4, 0.5) is 10.3 Å². The fraction of sp³-hybridized carbons (Fsp3) is 0.571. The maximum atomic E-state index is 12.0. The minimum absolute atomic E-state index is 0.309. The highest BCUT2D eigenvalue weighted by Crippen LogP contribution is 2.30. The summed E-state index contributed by atoms with van der Waals surface area (Å²) in [7, 11) is 6.96. The molecule has 0 saturated carbocycles. The van der Waals surface area contributed by atoms with Crippen molar-refractivity contribution in [1.29, 1.82) is 0 Å². The lowest BCUT2D eigenvalue weighted by molar-refractivity contribution is 0.0582. The maximum absolute atomic E-state index is 12.0. The van der Waals surface area contributed by atoms with Crippen LogP contribution >= 0.6 is 22.7 Å². The highest BCUT2D eigenvalue weighted by atomic mass is 32.1. The second-order valence-electron chi connectivity index (χ2n) is 11.0. The highest BCUT2D eigenvalue weighted by Gasteiger charge is 2.24. The summed E-state index contributed by atoms with van der Waals surface area (Å²) in [5.74, 6) is 0.399. The zero-order valence-corrected chi connectivity index (χ0v) is 28.4. The van der Waals surface area contributed by atoms with Crippen LogP contribution in [-0.2, 0) is 16.0 Å². The van der Waals surface area contributed by atoms with Crippen molar-refractivity contribution in [2.45, 2.75) is 26.3 Å². The lowest BCUT2D eigenvalue weighted by atomic mass is 10.3. The first-order valence-electron chi connectivity index (χ1n) is 15.1. The van der Waals surface area contributed by atoms with Crippen LogP contribution in [0, 0.1) is 0 Å². The van der Waals surface area contributed by atoms with Gasteiger partial charge in [0, 0.05) is 58.9 Å². The SMILES string of the molecule is CCCCn1c(C(=O)OC)cnc1-c1nnc(N2CCN(C)CC2)s1.COC(=O)c1cnc(-c2nnc(N3CCN(C)CC3)s2)[nH]1. The van der Waals surface area contributed by atoms with E-state index in [0.29, 0.717) is 34.6 Å². The number of hydrogen-bond acceptors (Lipinski definition) is 16. The van der Waals surface area contributed by atoms with Crippen molar-refractivity contribution in [2.24, 2.45) is 0 Å². The van der Waals surface area contributed by atoms with E-state index < -0.39 is 5.97 Å². The minimum atomic E-state index is -0.447. The molecule has 1 N–H and O–H groups in total. The monoisotopic (exact) mass is 672 g/mol. The number of methoxy groups -OCH3 is 2. The standard InChI is InChI=1S/C16H24N6O2S.C12H16N6O2S/c1-4-5-6-22-12(15(23)24-3)11-17-13(22)14-18-19-16(25-14)21-9-7-20(2)8-10-21;1-17-3-5-18(6-4-17)12-16-15-10(21-12)9-13-7-8(14-9)11(19)20-2/h11H,4-10H2,1-3H3;7H,3-6H2,1-2H3,(H,13,14). The molecule has 6 rings (SSSR count). The molecule has 0 unspecified atom stereocenters. The third-order valence-electron chi connectivity index (χ3n) is 7.74. The molecule has 18 heteroatoms. The number of aromatic nitrogens is 8. The fourth-order valence-electron chi connectivity index (χ4n) is 4.87. The number of anilines is 2. The predicted molar refractivity (Wildman–Crippen MR) is 176 cm³/mol. The van der Waals surface area contributed by atoms with Crippen molar-refractivity contribution >= 4 is 44.9 Å². The van der Waals surface area contributed by atoms with E-state index >= 15 is 0 Å². The number of imidazole rings is 2. The van der Waals surface area contributed by atoms with Gasteiger partial charge < -0.3 is 38.6 Å². The Labute approximate surface area is 275 Å². The van der Waals surface area contributed by atoms with Gasteiger partial charge in [0.2, 0.25) is 10.3 Å². The van der Waals surface area contributed by atoms with E-state index in [1.54, 1.807) is 6.20 Å². The number of likely N-dealkylation sites (N-methyl/N-ethyl adjacent to an activating group) is 2. The molecule has 2 aliphatic heterocycles. The molecule has 0 atom stereocenters. The minimum Gasteiger partial charge on any atom is -0.464 e. The smallest absolute Gasteiger partial charge is 0.356 e. The Hall–Kier alpha value is -4.00. The summed E-state index contributed by atoms with van der Waals surface area (Å²) in [6.45, 7) is 10.7. The average Bonchev–Trinajstić information content (AvgIpc) is 3.90. The molecule has 6 heterocycles. The van der Waals surface area contributed by atoms with Gasteiger partial charge in [0.1, 0.15) is 11.4 Å². The summed E-state index contributed by atoms with van der Waals surface area (Å²) in [6.07, 6.45) is 4.99. The first kappa shape index (κ1) is 33.4. The van der Waals surface area contributed by atoms with Crippen LogP contribution in [0.3, 0.4) is 0 Å². The molecule has 0 aliphatic carbocycles. The van der Waals surface area contributed by atoms with Gasteiger partial charge in [0.15, 0.2) is 21.7 Å². The van der Waals surface area contributed by atoms with Crippen molar-refractivity contribution < 1.29 is 19.1 Å². The molecule has 2 saturated heterocycles. The molecule has 2 fully saturated rings. The Kier molecular flexibility index (Phi) is 11.3. The van der Waals surface area contributed by atoms with Gasteiger partial charge >= 0.3 is 11.9 Å². The number of carbonyl (C=O) groups excluding carboxylic acids is 2. The Morgan fingerprint density at radius 1 is 0.783 bits per heavy atom. The van der Waals surface area contributed by atoms with Crippen molar-refractivity contribution in [3.05, 3.63) is 23.8 Å². The molecule has 16 nitrogen and oxygen atoms in total. The number of nitrogens with one attached hydrogen (secondary N) is 1. The third kappa shape index (κ3) is 7.86. The Morgan fingerprint density at radius 2 is 1.35 bits per heavy atom. The van der Waals surface area contributed by atoms with Gasteiger partial charge in [-0.3, -0.25) is 0 Å². The van der Waals surface area contributed by atoms with Crippen LogP contribution in [0.15, 0.2) is 12.4 Å². The number of nitrogens with zero attached hydrogens (tertiary/aromatic N) is 11. The summed E-state index contributed by atoms with van der Waals surface area (Å²) in [6, 6.07) is 0. The van der Waals surface area contributed by atoms with E-state index in [1.807, 2.05) is 4.57 Å². The predicted octanol–water partition coefficient (Wildman–Crippen LogP) is 2.21. The van der Waals surface area contributed by atoms with Crippen molar-refractivity contribution in [3.63, 3.8) is 0 Å². The van der Waals surface area contributed by atoms with Crippen LogP contribution in [0.5, 0.6) is 0 Å². The van der Waals surface area contributed by atoms with E-state index in [-0.39, 0.29) is 5.97 Å². The topological polar surface area (TPSA) is 164 Å². The number of rotatable bonds is 9. The van der Waals surface area contributed by atoms with Gasteiger partial charge in [-0.25, -0.2) is 19.6 Å². The normalized spacial score (nSPS) is 15.8. The molecule has 4 aromatic heterocycles. The molecule has 0 amide bonds. The van der Waals surface area contributed by atoms with Gasteiger partial charge in [0.05, 0.1) is 26.6 Å². The lowest BCUT2D eigenvalue weighted by Crippen LogP contribution is -2.44. The molecule has 4 aromatic rings. The number of ether oxygens (including phenoxy) is 2. The van der Waals surface area contributed by atoms with E-state index in [2.05, 4.69) is 80.7 Å². The van der Waals surface area contributed by atoms with Gasteiger partial charge in [-0.2, -0.15) is 0 Å². The van der Waals surface area contributed by atoms with Crippen LogP contribution in [0.2, 0.25) is 0 Å². The molecule has 0 radical (unpaired) electrons. The highest BCUT2D eigenvalue weighted by molar-refractivity contribution is 7.18. The second-order valence-corrected chi connectivity index (χ2v) is 12.9. The van der Waals surface area contributed by atoms with Crippen LogP contribution in [0.25, 0.3) is 21.7 Å². The summed E-state index contributed by atoms with van der Waals surface area (Å²) >= 11 is 2.99. The van der Waals surface area contributed by atoms with Gasteiger partial charge in [0.25, 0.3) is 0 Å². The third-order valence-corrected chi connectivity index (χ3v) is 9.71. The maximum Gasteiger partial charge on any atom is 0.356 e. The number of piperazine rings is 2. The number of carbonyl (C=O) groups is 2. The van der Waals surface area contributed by atoms with Gasteiger partial charge in [-0.05, 0) is 20.5 Å². The molecule has 0 spiro atoms. The second kappa shape index (κ2) is 15.5. The summed E-state index contributed by atoms with van der Waals surface area (Å²) in [5.41, 5.74) is 0.770. The Bertz CT molecular complexity index is 1580. The van der Waals surface area contributed by atoms with Crippen molar-refractivity contribution in [3.8, 4) is 21.7 Å². The lowest BCUT2D eigenvalue weighted by Gasteiger charge is -2.31. The molecule has 0 aromatic carbocycles. The Morgan fingerprint density at radius 3 is 1.91 bits per heavy atom. The first-order valence-corrected chi connectivity index (χ1v) is 16.8. The van der Waals surface area contributed by atoms with Crippen molar-refractivity contribution in [2.75, 3.05) is 90.5 Å². The summed E-state index contributed by atoms with van der Waals surface area (Å²) < 4.78 is 11.4. The molecule has 248 valence electrons. The van der Waals surface area contributed by atoms with E-state index in [9.17, 15) is 9.59 Å². The zero-order valence-electron chi connectivity index (χ0n) is 26.8. The zero-order chi connectivity index (χ0) is 32.6. The first-order chi connectivity index (χ1) is 22.3. The fourth-order valence-corrected chi connectivity index (χ4v) is 6.62. The van der Waals surface area contributed by atoms with Gasteiger partial charge in [-0.15, -0.1) is 20.4 Å². The molecule has 2 aliphatic rings. The number of hydrogen-bond donors (Lipinski definition) is 1. The van der Waals surface area contributed by atoms with Gasteiger partial charge in [-0.1, -0.05) is 36.0 Å². The molecular weight excluding hydrogens is 633 g/mol. The number of esters is 2. The average molecular weight is 673 g/mol. The molecule has 0 bridgehead atoms.